The minimum absolute atomic E-state index is 0.291. The number of phenolic OH excluding ortho intramolecular Hbond substituents is 1. The van der Waals surface area contributed by atoms with E-state index in [1.807, 2.05) is 78.9 Å². The van der Waals surface area contributed by atoms with Crippen LogP contribution in [0.1, 0.15) is 0 Å². The standard InChI is InChI=1S/C22H18O3/c23-21-17-10-4-6-12-19(17)22(20-13-7-5-11-18(20)21)25-15-14-24-16-8-2-1-3-9-16/h1-13,23H,14-15H2. The lowest BCUT2D eigenvalue weighted by atomic mass is 10.0. The third-order valence-corrected chi connectivity index (χ3v) is 4.20. The highest BCUT2D eigenvalue weighted by molar-refractivity contribution is 6.10. The van der Waals surface area contributed by atoms with Crippen molar-refractivity contribution in [3.63, 3.8) is 0 Å². The molecule has 0 radical (unpaired) electrons. The normalized spacial score (nSPS) is 10.9. The molecule has 3 heteroatoms. The van der Waals surface area contributed by atoms with Crippen LogP contribution in [0.4, 0.5) is 0 Å². The van der Waals surface area contributed by atoms with Crippen LogP contribution in [0.5, 0.6) is 17.2 Å². The molecule has 0 saturated carbocycles. The second kappa shape index (κ2) is 6.73. The van der Waals surface area contributed by atoms with E-state index < -0.39 is 0 Å². The van der Waals surface area contributed by atoms with Gasteiger partial charge in [-0.25, -0.2) is 0 Å². The van der Waals surface area contributed by atoms with Gasteiger partial charge in [-0.05, 0) is 12.1 Å². The Morgan fingerprint density at radius 1 is 0.560 bits per heavy atom. The fraction of sp³-hybridized carbons (Fsp3) is 0.0909. The minimum atomic E-state index is 0.291. The van der Waals surface area contributed by atoms with Gasteiger partial charge in [0.2, 0.25) is 0 Å². The Hall–Kier alpha value is -3.20. The molecule has 0 aliphatic carbocycles. The molecule has 4 aromatic rings. The van der Waals surface area contributed by atoms with E-state index in [1.54, 1.807) is 0 Å². The largest absolute Gasteiger partial charge is 0.507 e. The molecule has 4 aromatic carbocycles. The predicted molar refractivity (Wildman–Crippen MR) is 101 cm³/mol. The van der Waals surface area contributed by atoms with Gasteiger partial charge in [0.05, 0.1) is 0 Å². The Morgan fingerprint density at radius 2 is 1.04 bits per heavy atom. The lowest BCUT2D eigenvalue weighted by Crippen LogP contribution is -2.09. The zero-order valence-electron chi connectivity index (χ0n) is 13.7. The molecule has 0 aliphatic heterocycles. The number of fused-ring (bicyclic) bond motifs is 2. The molecule has 0 atom stereocenters. The van der Waals surface area contributed by atoms with E-state index in [0.717, 1.165) is 33.0 Å². The number of rotatable bonds is 5. The van der Waals surface area contributed by atoms with Crippen molar-refractivity contribution in [3.8, 4) is 17.2 Å². The van der Waals surface area contributed by atoms with Gasteiger partial charge in [-0.3, -0.25) is 0 Å². The first kappa shape index (κ1) is 15.3. The van der Waals surface area contributed by atoms with Crippen LogP contribution < -0.4 is 9.47 Å². The van der Waals surface area contributed by atoms with Crippen LogP contribution in [0.3, 0.4) is 0 Å². The van der Waals surface area contributed by atoms with Gasteiger partial charge in [0.15, 0.2) is 0 Å². The van der Waals surface area contributed by atoms with Crippen molar-refractivity contribution in [1.82, 2.24) is 0 Å². The third-order valence-electron chi connectivity index (χ3n) is 4.20. The second-order valence-electron chi connectivity index (χ2n) is 5.78. The molecule has 25 heavy (non-hydrogen) atoms. The predicted octanol–water partition coefficient (Wildman–Crippen LogP) is 5.16. The number of hydrogen-bond acceptors (Lipinski definition) is 3. The summed E-state index contributed by atoms with van der Waals surface area (Å²) in [4.78, 5) is 0. The monoisotopic (exact) mass is 330 g/mol. The molecule has 4 rings (SSSR count). The Bertz CT molecular complexity index is 953. The maximum Gasteiger partial charge on any atom is 0.135 e. The molecule has 0 aromatic heterocycles. The number of ether oxygens (including phenoxy) is 2. The van der Waals surface area contributed by atoms with E-state index in [2.05, 4.69) is 0 Å². The number of aromatic hydroxyl groups is 1. The molecule has 0 unspecified atom stereocenters. The van der Waals surface area contributed by atoms with Crippen molar-refractivity contribution < 1.29 is 14.6 Å². The van der Waals surface area contributed by atoms with Crippen molar-refractivity contribution in [2.24, 2.45) is 0 Å². The lowest BCUT2D eigenvalue weighted by Gasteiger charge is -2.15. The number of benzene rings is 4. The zero-order valence-corrected chi connectivity index (χ0v) is 13.7. The average molecular weight is 330 g/mol. The first-order valence-corrected chi connectivity index (χ1v) is 8.27. The van der Waals surface area contributed by atoms with Crippen LogP contribution in [-0.2, 0) is 0 Å². The van der Waals surface area contributed by atoms with E-state index in [1.165, 1.54) is 0 Å². The van der Waals surface area contributed by atoms with E-state index in [9.17, 15) is 5.11 Å². The van der Waals surface area contributed by atoms with Crippen molar-refractivity contribution in [3.05, 3.63) is 78.9 Å². The quantitative estimate of drug-likeness (QED) is 0.406. The van der Waals surface area contributed by atoms with E-state index >= 15 is 0 Å². The fourth-order valence-electron chi connectivity index (χ4n) is 3.04. The summed E-state index contributed by atoms with van der Waals surface area (Å²) in [5, 5.41) is 14.0. The molecule has 0 saturated heterocycles. The van der Waals surface area contributed by atoms with Gasteiger partial charge in [-0.1, -0.05) is 66.7 Å². The molecule has 0 aliphatic rings. The maximum absolute atomic E-state index is 10.6. The fourth-order valence-corrected chi connectivity index (χ4v) is 3.04. The zero-order chi connectivity index (χ0) is 17.1. The van der Waals surface area contributed by atoms with Gasteiger partial charge in [-0.2, -0.15) is 0 Å². The van der Waals surface area contributed by atoms with Crippen LogP contribution in [0.25, 0.3) is 21.5 Å². The van der Waals surface area contributed by atoms with Gasteiger partial charge in [0.1, 0.15) is 30.5 Å². The van der Waals surface area contributed by atoms with Crippen LogP contribution in [0.2, 0.25) is 0 Å². The molecule has 124 valence electrons. The first-order chi connectivity index (χ1) is 12.3. The van der Waals surface area contributed by atoms with Gasteiger partial charge in [0.25, 0.3) is 0 Å². The number of para-hydroxylation sites is 1. The van der Waals surface area contributed by atoms with E-state index in [0.29, 0.717) is 19.0 Å². The van der Waals surface area contributed by atoms with Crippen LogP contribution in [-0.4, -0.2) is 18.3 Å². The molecule has 0 heterocycles. The summed E-state index contributed by atoms with van der Waals surface area (Å²) in [5.74, 6) is 1.89. The maximum atomic E-state index is 10.6. The average Bonchev–Trinajstić information content (AvgIpc) is 2.68. The lowest BCUT2D eigenvalue weighted by molar-refractivity contribution is 0.220. The van der Waals surface area contributed by atoms with Gasteiger partial charge in [0, 0.05) is 21.5 Å². The first-order valence-electron chi connectivity index (χ1n) is 8.27. The molecular formula is C22H18O3. The Morgan fingerprint density at radius 3 is 1.64 bits per heavy atom. The van der Waals surface area contributed by atoms with E-state index in [4.69, 9.17) is 9.47 Å². The molecule has 3 nitrogen and oxygen atoms in total. The summed E-state index contributed by atoms with van der Waals surface area (Å²) in [7, 11) is 0. The Labute approximate surface area is 146 Å². The van der Waals surface area contributed by atoms with Crippen LogP contribution >= 0.6 is 0 Å². The topological polar surface area (TPSA) is 38.7 Å². The molecule has 0 fully saturated rings. The van der Waals surface area contributed by atoms with Crippen molar-refractivity contribution in [2.45, 2.75) is 0 Å². The van der Waals surface area contributed by atoms with Gasteiger partial charge >= 0.3 is 0 Å². The molecule has 0 amide bonds. The molecular weight excluding hydrogens is 312 g/mol. The van der Waals surface area contributed by atoms with Crippen molar-refractivity contribution >= 4 is 21.5 Å². The molecule has 0 spiro atoms. The summed E-state index contributed by atoms with van der Waals surface area (Å²) < 4.78 is 11.8. The summed E-state index contributed by atoms with van der Waals surface area (Å²) in [6.07, 6.45) is 0. The number of phenols is 1. The van der Waals surface area contributed by atoms with Crippen molar-refractivity contribution in [1.29, 1.82) is 0 Å². The third kappa shape index (κ3) is 2.96. The highest BCUT2D eigenvalue weighted by Gasteiger charge is 2.13. The summed E-state index contributed by atoms with van der Waals surface area (Å²) >= 11 is 0. The minimum Gasteiger partial charge on any atom is -0.507 e. The van der Waals surface area contributed by atoms with Gasteiger partial charge in [-0.15, -0.1) is 0 Å². The SMILES string of the molecule is Oc1c2ccccc2c(OCCOc2ccccc2)c2ccccc12. The highest BCUT2D eigenvalue weighted by Crippen LogP contribution is 2.41. The smallest absolute Gasteiger partial charge is 0.135 e. The second-order valence-corrected chi connectivity index (χ2v) is 5.78. The highest BCUT2D eigenvalue weighted by atomic mass is 16.5. The summed E-state index contributed by atoms with van der Waals surface area (Å²) in [5.41, 5.74) is 0. The van der Waals surface area contributed by atoms with Crippen LogP contribution in [0, 0.1) is 0 Å². The number of hydrogen-bond donors (Lipinski definition) is 1. The van der Waals surface area contributed by atoms with Gasteiger partial charge < -0.3 is 14.6 Å². The Balaban J connectivity index is 1.64. The van der Waals surface area contributed by atoms with Crippen molar-refractivity contribution in [2.75, 3.05) is 13.2 Å². The Kier molecular flexibility index (Phi) is 4.13. The molecule has 0 bridgehead atoms. The molecule has 1 N–H and O–H groups in total. The summed E-state index contributed by atoms with van der Waals surface area (Å²) in [6.45, 7) is 0.876. The van der Waals surface area contributed by atoms with E-state index in [-0.39, 0.29) is 0 Å². The van der Waals surface area contributed by atoms with Crippen LogP contribution in [0.15, 0.2) is 78.9 Å². The summed E-state index contributed by atoms with van der Waals surface area (Å²) in [6, 6.07) is 25.2.